The predicted octanol–water partition coefficient (Wildman–Crippen LogP) is 1.82. The summed E-state index contributed by atoms with van der Waals surface area (Å²) in [6, 6.07) is 11.2. The highest BCUT2D eigenvalue weighted by Crippen LogP contribution is 2.18. The number of nitrogens with one attached hydrogen (secondary N) is 2. The van der Waals surface area contributed by atoms with Gasteiger partial charge in [-0.1, -0.05) is 18.2 Å². The Morgan fingerprint density at radius 2 is 1.97 bits per heavy atom. The number of imide groups is 1. The van der Waals surface area contributed by atoms with Crippen molar-refractivity contribution in [3.8, 4) is 5.75 Å². The largest absolute Gasteiger partial charge is 0.497 e. The third kappa shape index (κ3) is 4.39. The molecule has 0 aliphatic carbocycles. The molecule has 166 valence electrons. The van der Waals surface area contributed by atoms with Gasteiger partial charge in [-0.05, 0) is 43.2 Å². The van der Waals surface area contributed by atoms with Gasteiger partial charge in [0.1, 0.15) is 11.8 Å². The number of urea groups is 1. The lowest BCUT2D eigenvalue weighted by atomic mass is 10.1. The number of fused-ring (bicyclic) bond motifs is 1. The summed E-state index contributed by atoms with van der Waals surface area (Å²) in [6.07, 6.45) is 2.13. The summed E-state index contributed by atoms with van der Waals surface area (Å²) in [7, 11) is 1.57. The molecule has 0 unspecified atom stereocenters. The van der Waals surface area contributed by atoms with Gasteiger partial charge in [-0.2, -0.15) is 0 Å². The first-order valence-corrected chi connectivity index (χ1v) is 10.3. The van der Waals surface area contributed by atoms with Crippen molar-refractivity contribution in [2.45, 2.75) is 38.4 Å². The van der Waals surface area contributed by atoms with E-state index in [-0.39, 0.29) is 37.2 Å². The first-order chi connectivity index (χ1) is 15.5. The van der Waals surface area contributed by atoms with Gasteiger partial charge in [0, 0.05) is 12.6 Å². The van der Waals surface area contributed by atoms with Crippen LogP contribution in [0.5, 0.6) is 5.75 Å². The van der Waals surface area contributed by atoms with Crippen LogP contribution in [0.1, 0.15) is 37.2 Å². The molecule has 10 heteroatoms. The van der Waals surface area contributed by atoms with E-state index in [4.69, 9.17) is 4.74 Å². The van der Waals surface area contributed by atoms with Gasteiger partial charge in [0.05, 0.1) is 19.7 Å². The van der Waals surface area contributed by atoms with E-state index in [1.54, 1.807) is 31.4 Å². The van der Waals surface area contributed by atoms with Crippen LogP contribution in [0, 0.1) is 0 Å². The average molecular weight is 436 g/mol. The number of amides is 4. The minimum absolute atomic E-state index is 0.0914. The molecule has 10 nitrogen and oxygen atoms in total. The quantitative estimate of drug-likeness (QED) is 0.520. The van der Waals surface area contributed by atoms with Crippen LogP contribution in [0.3, 0.4) is 0 Å². The SMILES string of the molecule is COc1ccc(CN2C(=O)N[C@@H](CCC(=O)N[C@@H](C)c3nnc4ccccn34)C2=O)cc1. The standard InChI is InChI=1S/C22H24N6O4/c1-14(20-26-25-18-5-3-4-12-27(18)20)23-19(29)11-10-17-21(30)28(22(31)24-17)13-15-6-8-16(32-2)9-7-15/h3-9,12,14,17H,10-11,13H2,1-2H3,(H,23,29)(H,24,31)/t14-,17-/m0/s1. The van der Waals surface area contributed by atoms with Gasteiger partial charge >= 0.3 is 6.03 Å². The number of aromatic nitrogens is 3. The van der Waals surface area contributed by atoms with E-state index in [2.05, 4.69) is 20.8 Å². The highest BCUT2D eigenvalue weighted by Gasteiger charge is 2.37. The fraction of sp³-hybridized carbons (Fsp3) is 0.318. The van der Waals surface area contributed by atoms with E-state index in [0.717, 1.165) is 10.5 Å². The molecule has 3 heterocycles. The molecule has 2 N–H and O–H groups in total. The van der Waals surface area contributed by atoms with Crippen LogP contribution >= 0.6 is 0 Å². The smallest absolute Gasteiger partial charge is 0.325 e. The number of pyridine rings is 1. The Morgan fingerprint density at radius 3 is 2.72 bits per heavy atom. The molecule has 1 aliphatic rings. The molecule has 0 saturated carbocycles. The maximum absolute atomic E-state index is 12.7. The van der Waals surface area contributed by atoms with Crippen molar-refractivity contribution in [1.82, 2.24) is 30.1 Å². The number of nitrogens with zero attached hydrogens (tertiary/aromatic N) is 4. The molecule has 1 saturated heterocycles. The number of methoxy groups -OCH3 is 1. The van der Waals surface area contributed by atoms with E-state index >= 15 is 0 Å². The number of carbonyl (C=O) groups is 3. The normalized spacial score (nSPS) is 16.8. The van der Waals surface area contributed by atoms with Crippen molar-refractivity contribution >= 4 is 23.5 Å². The topological polar surface area (TPSA) is 118 Å². The molecular formula is C22H24N6O4. The zero-order chi connectivity index (χ0) is 22.7. The molecule has 1 fully saturated rings. The van der Waals surface area contributed by atoms with E-state index in [9.17, 15) is 14.4 Å². The van der Waals surface area contributed by atoms with Crippen LogP contribution in [0.4, 0.5) is 4.79 Å². The van der Waals surface area contributed by atoms with E-state index in [1.807, 2.05) is 35.7 Å². The first-order valence-electron chi connectivity index (χ1n) is 10.3. The van der Waals surface area contributed by atoms with Gasteiger partial charge in [-0.3, -0.25) is 18.9 Å². The zero-order valence-electron chi connectivity index (χ0n) is 17.8. The Balaban J connectivity index is 1.30. The fourth-order valence-corrected chi connectivity index (χ4v) is 3.64. The third-order valence-corrected chi connectivity index (χ3v) is 5.37. The molecule has 2 atom stereocenters. The molecule has 0 spiro atoms. The fourth-order valence-electron chi connectivity index (χ4n) is 3.64. The molecule has 1 aliphatic heterocycles. The predicted molar refractivity (Wildman–Crippen MR) is 115 cm³/mol. The third-order valence-electron chi connectivity index (χ3n) is 5.37. The van der Waals surface area contributed by atoms with Gasteiger partial charge < -0.3 is 15.4 Å². The first kappa shape index (κ1) is 21.3. The molecule has 4 rings (SSSR count). The van der Waals surface area contributed by atoms with Crippen LogP contribution in [0.15, 0.2) is 48.7 Å². The number of ether oxygens (including phenoxy) is 1. The summed E-state index contributed by atoms with van der Waals surface area (Å²) in [4.78, 5) is 38.6. The summed E-state index contributed by atoms with van der Waals surface area (Å²) in [6.45, 7) is 1.98. The molecule has 3 aromatic rings. The van der Waals surface area contributed by atoms with Crippen molar-refractivity contribution in [2.75, 3.05) is 7.11 Å². The lowest BCUT2D eigenvalue weighted by Gasteiger charge is -2.14. The maximum Gasteiger partial charge on any atom is 0.325 e. The number of rotatable bonds is 8. The number of hydrogen-bond donors (Lipinski definition) is 2. The van der Waals surface area contributed by atoms with Crippen molar-refractivity contribution in [1.29, 1.82) is 0 Å². The number of benzene rings is 1. The molecule has 0 bridgehead atoms. The second-order valence-corrected chi connectivity index (χ2v) is 7.59. The summed E-state index contributed by atoms with van der Waals surface area (Å²) in [5, 5.41) is 13.8. The van der Waals surface area contributed by atoms with Crippen molar-refractivity contribution in [3.63, 3.8) is 0 Å². The average Bonchev–Trinajstić information content (AvgIpc) is 3.34. The Kier molecular flexibility index (Phi) is 6.02. The lowest BCUT2D eigenvalue weighted by Crippen LogP contribution is -2.33. The van der Waals surface area contributed by atoms with Crippen molar-refractivity contribution in [3.05, 3.63) is 60.0 Å². The molecule has 0 radical (unpaired) electrons. The molecular weight excluding hydrogens is 412 g/mol. The second-order valence-electron chi connectivity index (χ2n) is 7.59. The van der Waals surface area contributed by atoms with Crippen LogP contribution < -0.4 is 15.4 Å². The summed E-state index contributed by atoms with van der Waals surface area (Å²) in [5.74, 6) is 0.740. The second kappa shape index (κ2) is 9.04. The maximum atomic E-state index is 12.7. The van der Waals surface area contributed by atoms with Gasteiger partial charge in [-0.15, -0.1) is 10.2 Å². The van der Waals surface area contributed by atoms with E-state index in [0.29, 0.717) is 17.2 Å². The Labute approximate surface area is 184 Å². The van der Waals surface area contributed by atoms with Gasteiger partial charge in [0.2, 0.25) is 5.91 Å². The molecule has 4 amide bonds. The van der Waals surface area contributed by atoms with Crippen LogP contribution in [-0.2, 0) is 16.1 Å². The Hall–Kier alpha value is -3.95. The van der Waals surface area contributed by atoms with E-state index < -0.39 is 12.1 Å². The highest BCUT2D eigenvalue weighted by molar-refractivity contribution is 6.04. The van der Waals surface area contributed by atoms with Crippen molar-refractivity contribution < 1.29 is 19.1 Å². The molecule has 1 aromatic carbocycles. The van der Waals surface area contributed by atoms with Gasteiger partial charge in [0.25, 0.3) is 5.91 Å². The van der Waals surface area contributed by atoms with Crippen LogP contribution in [0.25, 0.3) is 5.65 Å². The Morgan fingerprint density at radius 1 is 1.19 bits per heavy atom. The minimum atomic E-state index is -0.726. The van der Waals surface area contributed by atoms with Gasteiger partial charge in [0.15, 0.2) is 11.5 Å². The number of carbonyl (C=O) groups excluding carboxylic acids is 3. The highest BCUT2D eigenvalue weighted by atomic mass is 16.5. The van der Waals surface area contributed by atoms with Crippen LogP contribution in [-0.4, -0.2) is 50.5 Å². The molecule has 32 heavy (non-hydrogen) atoms. The van der Waals surface area contributed by atoms with Crippen molar-refractivity contribution in [2.24, 2.45) is 0 Å². The summed E-state index contributed by atoms with van der Waals surface area (Å²) in [5.41, 5.74) is 1.50. The minimum Gasteiger partial charge on any atom is -0.497 e. The lowest BCUT2D eigenvalue weighted by molar-refractivity contribution is -0.128. The zero-order valence-corrected chi connectivity index (χ0v) is 17.8. The number of hydrogen-bond acceptors (Lipinski definition) is 6. The molecule has 2 aromatic heterocycles. The van der Waals surface area contributed by atoms with Gasteiger partial charge in [-0.25, -0.2) is 4.79 Å². The Bertz CT molecular complexity index is 1140. The summed E-state index contributed by atoms with van der Waals surface area (Å²) < 4.78 is 6.93. The monoisotopic (exact) mass is 436 g/mol. The van der Waals surface area contributed by atoms with Crippen LogP contribution in [0.2, 0.25) is 0 Å². The van der Waals surface area contributed by atoms with E-state index in [1.165, 1.54) is 0 Å². The summed E-state index contributed by atoms with van der Waals surface area (Å²) >= 11 is 0.